The number of allylic oxidation sites excluding steroid dienone is 1. The number of esters is 1. The lowest BCUT2D eigenvalue weighted by Crippen LogP contribution is -2.52. The molecule has 1 heterocycles. The van der Waals surface area contributed by atoms with Crippen molar-refractivity contribution in [2.24, 2.45) is 0 Å². The molecule has 11 nitrogen and oxygen atoms in total. The van der Waals surface area contributed by atoms with Gasteiger partial charge >= 0.3 is 5.97 Å². The molecule has 1 aliphatic heterocycles. The smallest absolute Gasteiger partial charge is 0.344 e. The number of benzene rings is 1. The Morgan fingerprint density at radius 3 is 2.39 bits per heavy atom. The monoisotopic (exact) mass is 483 g/mol. The zero-order chi connectivity index (χ0) is 24.6. The number of nitro groups is 1. The van der Waals surface area contributed by atoms with E-state index >= 15 is 0 Å². The van der Waals surface area contributed by atoms with Gasteiger partial charge in [0.15, 0.2) is 12.2 Å². The molecule has 1 unspecified atom stereocenters. The van der Waals surface area contributed by atoms with Gasteiger partial charge in [0.2, 0.25) is 11.4 Å². The van der Waals surface area contributed by atoms with Crippen LogP contribution in [0.2, 0.25) is 0 Å². The summed E-state index contributed by atoms with van der Waals surface area (Å²) in [6.07, 6.45) is 0. The maximum atomic E-state index is 13.1. The second-order valence-electron chi connectivity index (χ2n) is 6.94. The maximum absolute atomic E-state index is 13.1. The molecule has 1 aromatic carbocycles. The first-order valence-electron chi connectivity index (χ1n) is 9.96. The van der Waals surface area contributed by atoms with Crippen LogP contribution in [0.3, 0.4) is 0 Å². The van der Waals surface area contributed by atoms with Crippen molar-refractivity contribution in [3.8, 4) is 0 Å². The molecule has 1 aliphatic rings. The van der Waals surface area contributed by atoms with E-state index in [-0.39, 0.29) is 57.0 Å². The summed E-state index contributed by atoms with van der Waals surface area (Å²) in [6, 6.07) is 5.72. The second kappa shape index (κ2) is 12.0. The number of nitro benzene ring substituents is 1. The molecule has 2 rings (SSSR count). The minimum absolute atomic E-state index is 0.0150. The fraction of sp³-hybridized carbons (Fsp3) is 0.476. The van der Waals surface area contributed by atoms with Gasteiger partial charge in [-0.05, 0) is 0 Å². The second-order valence-corrected chi connectivity index (χ2v) is 7.58. The molecule has 0 bridgehead atoms. The van der Waals surface area contributed by atoms with Crippen molar-refractivity contribution in [2.45, 2.75) is 19.4 Å². The number of ether oxygens (including phenoxy) is 4. The zero-order valence-electron chi connectivity index (χ0n) is 19.2. The molecule has 0 fully saturated rings. The first-order chi connectivity index (χ1) is 15.8. The van der Waals surface area contributed by atoms with Gasteiger partial charge in [0.05, 0.1) is 40.3 Å². The molecule has 0 saturated carbocycles. The van der Waals surface area contributed by atoms with Gasteiger partial charge in [0, 0.05) is 50.5 Å². The fourth-order valence-corrected chi connectivity index (χ4v) is 4.32. The van der Waals surface area contributed by atoms with Crippen molar-refractivity contribution in [3.05, 3.63) is 51.2 Å². The molecular formula is C21H28N2O9P+. The summed E-state index contributed by atoms with van der Waals surface area (Å²) in [4.78, 5) is 40.3. The molecule has 1 aromatic rings. The van der Waals surface area contributed by atoms with Gasteiger partial charge in [-0.1, -0.05) is 12.1 Å². The van der Waals surface area contributed by atoms with Gasteiger partial charge in [0.1, 0.15) is 10.9 Å². The molecular weight excluding hydrogens is 455 g/mol. The standard InChI is InChI=1S/C21H27N2O9P/c1-14-18(20(24)30-5)21(31-11-9-28-3,16-7-6-8-17(13-16)23(25)26)19(33-27)15(2)22(14)32-12-10-29-4/h6-8,13H,9-12H2,1-5H3/p+1. The Balaban J connectivity index is 2.88. The molecule has 1 atom stereocenters. The average Bonchev–Trinajstić information content (AvgIpc) is 2.81. The highest BCUT2D eigenvalue weighted by molar-refractivity contribution is 7.38. The minimum Gasteiger partial charge on any atom is -0.465 e. The first kappa shape index (κ1) is 26.6. The molecule has 180 valence electrons. The van der Waals surface area contributed by atoms with Gasteiger partial charge in [0.25, 0.3) is 5.69 Å². The summed E-state index contributed by atoms with van der Waals surface area (Å²) >= 11 is 0. The Bertz CT molecular complexity index is 990. The van der Waals surface area contributed by atoms with Crippen LogP contribution in [0.1, 0.15) is 19.4 Å². The minimum atomic E-state index is -1.69. The van der Waals surface area contributed by atoms with Crippen molar-refractivity contribution in [1.82, 2.24) is 0 Å². The largest absolute Gasteiger partial charge is 0.465 e. The Hall–Kier alpha value is -2.69. The normalized spacial score (nSPS) is 19.8. The Labute approximate surface area is 193 Å². The first-order valence-corrected chi connectivity index (χ1v) is 10.8. The van der Waals surface area contributed by atoms with E-state index in [9.17, 15) is 19.8 Å². The number of methoxy groups -OCH3 is 3. The highest BCUT2D eigenvalue weighted by Crippen LogP contribution is 2.43. The van der Waals surface area contributed by atoms with Crippen molar-refractivity contribution in [3.63, 3.8) is 0 Å². The number of carbonyl (C=O) groups excluding carboxylic acids is 1. The molecule has 33 heavy (non-hydrogen) atoms. The van der Waals surface area contributed by atoms with Gasteiger partial charge in [-0.2, -0.15) is 0 Å². The van der Waals surface area contributed by atoms with E-state index in [1.165, 1.54) is 44.3 Å². The molecule has 12 heteroatoms. The zero-order valence-corrected chi connectivity index (χ0v) is 20.1. The number of rotatable bonds is 11. The summed E-state index contributed by atoms with van der Waals surface area (Å²) in [7, 11) is 4.00. The summed E-state index contributed by atoms with van der Waals surface area (Å²) in [5.74, 6) is -0.745. The lowest BCUT2D eigenvalue weighted by molar-refractivity contribution is -0.754. The van der Waals surface area contributed by atoms with Crippen LogP contribution < -0.4 is 0 Å². The predicted molar refractivity (Wildman–Crippen MR) is 120 cm³/mol. The molecule has 0 aromatic heterocycles. The van der Waals surface area contributed by atoms with Crippen molar-refractivity contribution < 1.29 is 43.1 Å². The third kappa shape index (κ3) is 5.29. The van der Waals surface area contributed by atoms with Crippen molar-refractivity contribution in [2.75, 3.05) is 47.8 Å². The van der Waals surface area contributed by atoms with Gasteiger partial charge < -0.3 is 23.8 Å². The maximum Gasteiger partial charge on any atom is 0.344 e. The SMILES string of the molecule is COCCO[N+]1=C(C)C(=PO)C(OCCOC)(c2cccc([N+](=O)[O-])c2)C(C(=O)OC)=C1C. The molecule has 0 radical (unpaired) electrons. The van der Waals surface area contributed by atoms with Gasteiger partial charge in [-0.25, -0.2) is 4.79 Å². The molecule has 0 saturated heterocycles. The number of nitrogens with zero attached hydrogens (tertiary/aromatic N) is 2. The van der Waals surface area contributed by atoms with Crippen LogP contribution in [-0.4, -0.2) is 79.3 Å². The van der Waals surface area contributed by atoms with Crippen LogP contribution >= 0.6 is 8.43 Å². The Morgan fingerprint density at radius 1 is 1.15 bits per heavy atom. The molecule has 0 amide bonds. The molecule has 0 aliphatic carbocycles. The average molecular weight is 483 g/mol. The van der Waals surface area contributed by atoms with Crippen LogP contribution in [0.4, 0.5) is 5.69 Å². The summed E-state index contributed by atoms with van der Waals surface area (Å²) in [5.41, 5.74) is -0.810. The number of hydroxylamine groups is 1. The molecule has 1 N–H and O–H groups in total. The number of carbonyl (C=O) groups is 1. The number of hydrogen-bond donors (Lipinski definition) is 1. The number of hydrogen-bond acceptors (Lipinski definition) is 9. The fourth-order valence-electron chi connectivity index (χ4n) is 3.64. The summed E-state index contributed by atoms with van der Waals surface area (Å²) in [5, 5.41) is 11.7. The third-order valence-electron chi connectivity index (χ3n) is 5.07. The van der Waals surface area contributed by atoms with E-state index in [4.69, 9.17) is 23.8 Å². The quantitative estimate of drug-likeness (QED) is 0.125. The van der Waals surface area contributed by atoms with Crippen molar-refractivity contribution >= 4 is 31.1 Å². The highest BCUT2D eigenvalue weighted by atomic mass is 31.1. The molecule has 0 spiro atoms. The Morgan fingerprint density at radius 2 is 1.82 bits per heavy atom. The van der Waals surface area contributed by atoms with Crippen LogP contribution in [-0.2, 0) is 34.2 Å². The van der Waals surface area contributed by atoms with E-state index in [1.54, 1.807) is 19.9 Å². The Kier molecular flexibility index (Phi) is 9.63. The predicted octanol–water partition coefficient (Wildman–Crippen LogP) is 1.99. The topological polar surface area (TPSA) is 130 Å². The van der Waals surface area contributed by atoms with Crippen LogP contribution in [0.25, 0.3) is 0 Å². The number of non-ortho nitro benzene ring substituents is 1. The lowest BCUT2D eigenvalue weighted by atomic mass is 9.78. The van der Waals surface area contributed by atoms with Crippen molar-refractivity contribution in [1.29, 1.82) is 0 Å². The van der Waals surface area contributed by atoms with E-state index < -0.39 is 16.5 Å². The highest BCUT2D eigenvalue weighted by Gasteiger charge is 2.56. The third-order valence-corrected chi connectivity index (χ3v) is 5.90. The summed E-state index contributed by atoms with van der Waals surface area (Å²) < 4.78 is 22.9. The lowest BCUT2D eigenvalue weighted by Gasteiger charge is -2.37. The van der Waals surface area contributed by atoms with Crippen LogP contribution in [0, 0.1) is 10.1 Å². The van der Waals surface area contributed by atoms with E-state index in [1.807, 2.05) is 0 Å². The summed E-state index contributed by atoms with van der Waals surface area (Å²) in [6.45, 7) is 3.98. The van der Waals surface area contributed by atoms with Crippen LogP contribution in [0.5, 0.6) is 0 Å². The van der Waals surface area contributed by atoms with Gasteiger partial charge in [-0.3, -0.25) is 15.0 Å². The van der Waals surface area contributed by atoms with Crippen LogP contribution in [0.15, 0.2) is 35.5 Å². The van der Waals surface area contributed by atoms with E-state index in [2.05, 4.69) is 0 Å². The van der Waals surface area contributed by atoms with Gasteiger partial charge in [-0.15, -0.1) is 0 Å². The van der Waals surface area contributed by atoms with E-state index in [0.29, 0.717) is 11.4 Å². The van der Waals surface area contributed by atoms with E-state index in [0.717, 1.165) is 0 Å².